The Balaban J connectivity index is 1.42. The lowest BCUT2D eigenvalue weighted by Gasteiger charge is -2.21. The van der Waals surface area contributed by atoms with Crippen molar-refractivity contribution in [1.82, 2.24) is 9.13 Å². The summed E-state index contributed by atoms with van der Waals surface area (Å²) in [5.41, 5.74) is 7.27. The summed E-state index contributed by atoms with van der Waals surface area (Å²) in [7, 11) is -1.85. The smallest absolute Gasteiger partial charge is 0.133 e. The molecule has 2 aromatic heterocycles. The Morgan fingerprint density at radius 1 is 0.289 bits per heavy atom. The number of aromatic nitrogens is 2. The first kappa shape index (κ1) is 25.8. The van der Waals surface area contributed by atoms with Crippen molar-refractivity contribution in [2.45, 2.75) is 0 Å². The molecule has 0 amide bonds. The van der Waals surface area contributed by atoms with E-state index in [1.54, 1.807) is 0 Å². The molecule has 0 aliphatic rings. The van der Waals surface area contributed by atoms with Crippen molar-refractivity contribution >= 4 is 68.0 Å². The molecule has 0 fully saturated rings. The van der Waals surface area contributed by atoms with Crippen LogP contribution in [0.4, 0.5) is 0 Å². The summed E-state index contributed by atoms with van der Waals surface area (Å²) in [4.78, 5) is 0. The third-order valence-corrected chi connectivity index (χ3v) is 12.3. The maximum atomic E-state index is 2.47. The molecule has 2 nitrogen and oxygen atoms in total. The second kappa shape index (κ2) is 10.5. The number of hydrogen-bond donors (Lipinski definition) is 0. The Bertz CT molecular complexity index is 2210. The van der Waals surface area contributed by atoms with Gasteiger partial charge in [0.15, 0.2) is 0 Å². The van der Waals surface area contributed by atoms with Crippen molar-refractivity contribution in [3.8, 4) is 11.4 Å². The van der Waals surface area contributed by atoms with Crippen LogP contribution in [0.25, 0.3) is 55.0 Å². The maximum Gasteiger partial charge on any atom is 0.133 e. The van der Waals surface area contributed by atoms with E-state index in [0.717, 1.165) is 0 Å². The van der Waals surface area contributed by atoms with Gasteiger partial charge in [-0.25, -0.2) is 0 Å². The Morgan fingerprint density at radius 3 is 0.956 bits per heavy atom. The molecule has 0 aliphatic heterocycles. The van der Waals surface area contributed by atoms with Crippen LogP contribution in [0.3, 0.4) is 0 Å². The SMILES string of the molecule is c1ccc([SiH](c2ccccc2)c2cc(-n3c4ccccc4c4ccccc43)cc(-n3c4ccccc4c4ccccc43)c2)cc1. The summed E-state index contributed by atoms with van der Waals surface area (Å²) in [5.74, 6) is 0. The highest BCUT2D eigenvalue weighted by Gasteiger charge is 2.23. The normalized spacial score (nSPS) is 11.8. The number of rotatable bonds is 5. The van der Waals surface area contributed by atoms with Gasteiger partial charge in [0.2, 0.25) is 0 Å². The predicted molar refractivity (Wildman–Crippen MR) is 194 cm³/mol. The van der Waals surface area contributed by atoms with Crippen LogP contribution in [0, 0.1) is 0 Å². The highest BCUT2D eigenvalue weighted by atomic mass is 28.3. The molecule has 212 valence electrons. The van der Waals surface area contributed by atoms with Crippen LogP contribution in [0.1, 0.15) is 0 Å². The van der Waals surface area contributed by atoms with Gasteiger partial charge in [0.05, 0.1) is 22.1 Å². The lowest BCUT2D eigenvalue weighted by Crippen LogP contribution is -2.52. The second-order valence-corrected chi connectivity index (χ2v) is 14.6. The maximum absolute atomic E-state index is 2.47. The first-order valence-electron chi connectivity index (χ1n) is 15.6. The molecule has 9 aromatic rings. The average molecular weight is 591 g/mol. The molecular formula is C42H30N2Si. The van der Waals surface area contributed by atoms with Gasteiger partial charge in [-0.3, -0.25) is 0 Å². The first-order chi connectivity index (χ1) is 22.3. The zero-order valence-electron chi connectivity index (χ0n) is 24.7. The number of para-hydroxylation sites is 4. The summed E-state index contributed by atoms with van der Waals surface area (Å²) in [6.45, 7) is 0. The zero-order valence-corrected chi connectivity index (χ0v) is 25.9. The number of hydrogen-bond acceptors (Lipinski definition) is 0. The van der Waals surface area contributed by atoms with Crippen molar-refractivity contribution in [3.63, 3.8) is 0 Å². The summed E-state index contributed by atoms with van der Waals surface area (Å²) in [5, 5.41) is 9.32. The van der Waals surface area contributed by atoms with Crippen LogP contribution >= 0.6 is 0 Å². The van der Waals surface area contributed by atoms with Gasteiger partial charge in [-0.15, -0.1) is 0 Å². The first-order valence-corrected chi connectivity index (χ1v) is 17.3. The lowest BCUT2D eigenvalue weighted by atomic mass is 10.2. The van der Waals surface area contributed by atoms with E-state index >= 15 is 0 Å². The second-order valence-electron chi connectivity index (χ2n) is 11.8. The van der Waals surface area contributed by atoms with Gasteiger partial charge in [0, 0.05) is 32.9 Å². The van der Waals surface area contributed by atoms with Gasteiger partial charge >= 0.3 is 0 Å². The van der Waals surface area contributed by atoms with Gasteiger partial charge in [0.1, 0.15) is 8.80 Å². The Labute approximate surface area is 263 Å². The van der Waals surface area contributed by atoms with E-state index in [9.17, 15) is 0 Å². The van der Waals surface area contributed by atoms with Gasteiger partial charge in [-0.1, -0.05) is 144 Å². The topological polar surface area (TPSA) is 9.86 Å². The van der Waals surface area contributed by atoms with Crippen LogP contribution in [0.15, 0.2) is 176 Å². The molecule has 2 heterocycles. The highest BCUT2D eigenvalue weighted by Crippen LogP contribution is 2.35. The molecule has 0 saturated carbocycles. The van der Waals surface area contributed by atoms with Crippen molar-refractivity contribution < 1.29 is 0 Å². The van der Waals surface area contributed by atoms with E-state index in [1.165, 1.54) is 70.5 Å². The molecule has 3 heteroatoms. The van der Waals surface area contributed by atoms with Crippen LogP contribution in [-0.2, 0) is 0 Å². The van der Waals surface area contributed by atoms with Crippen LogP contribution < -0.4 is 15.6 Å². The third kappa shape index (κ3) is 4.16. The van der Waals surface area contributed by atoms with Gasteiger partial charge in [-0.05, 0) is 47.7 Å². The summed E-state index contributed by atoms with van der Waals surface area (Å²) in [6.07, 6.45) is 0. The van der Waals surface area contributed by atoms with Gasteiger partial charge in [-0.2, -0.15) is 0 Å². The molecule has 0 unspecified atom stereocenters. The monoisotopic (exact) mass is 590 g/mol. The molecule has 7 aromatic carbocycles. The number of benzene rings is 7. The summed E-state index contributed by atoms with van der Waals surface area (Å²) >= 11 is 0. The van der Waals surface area contributed by atoms with Crippen molar-refractivity contribution in [3.05, 3.63) is 176 Å². The van der Waals surface area contributed by atoms with Crippen LogP contribution in [0.5, 0.6) is 0 Å². The lowest BCUT2D eigenvalue weighted by molar-refractivity contribution is 1.14. The molecule has 0 aliphatic carbocycles. The van der Waals surface area contributed by atoms with Gasteiger partial charge in [0.25, 0.3) is 0 Å². The van der Waals surface area contributed by atoms with E-state index in [2.05, 4.69) is 185 Å². The molecule has 0 bridgehead atoms. The largest absolute Gasteiger partial charge is 0.309 e. The van der Waals surface area contributed by atoms with E-state index in [-0.39, 0.29) is 0 Å². The number of fused-ring (bicyclic) bond motifs is 6. The van der Waals surface area contributed by atoms with E-state index < -0.39 is 8.80 Å². The zero-order chi connectivity index (χ0) is 29.7. The van der Waals surface area contributed by atoms with Crippen LogP contribution in [-0.4, -0.2) is 17.9 Å². The van der Waals surface area contributed by atoms with E-state index in [4.69, 9.17) is 0 Å². The quantitative estimate of drug-likeness (QED) is 0.142. The van der Waals surface area contributed by atoms with E-state index in [1.807, 2.05) is 0 Å². The standard InChI is InChI=1S/C42H30N2Si/c1-3-15-32(16-4-1)45(33-17-5-2-6-18-33)34-28-30(43-39-23-11-7-19-35(39)36-20-8-12-24-40(36)43)27-31(29-34)44-41-25-13-9-21-37(41)38-22-10-14-26-42(38)44/h1-29,45H. The fraction of sp³-hybridized carbons (Fsp3) is 0. The summed E-state index contributed by atoms with van der Waals surface area (Å²) in [6, 6.07) is 64.8. The molecule has 45 heavy (non-hydrogen) atoms. The molecule has 0 radical (unpaired) electrons. The Morgan fingerprint density at radius 2 is 0.600 bits per heavy atom. The molecule has 0 saturated heterocycles. The molecule has 9 rings (SSSR count). The predicted octanol–water partition coefficient (Wildman–Crippen LogP) is 8.13. The fourth-order valence-electron chi connectivity index (χ4n) is 7.31. The van der Waals surface area contributed by atoms with Crippen molar-refractivity contribution in [2.75, 3.05) is 0 Å². The number of nitrogens with zero attached hydrogens (tertiary/aromatic N) is 2. The van der Waals surface area contributed by atoms with Gasteiger partial charge < -0.3 is 9.13 Å². The Hall–Kier alpha value is -5.64. The minimum absolute atomic E-state index is 1.19. The molecule has 0 spiro atoms. The van der Waals surface area contributed by atoms with Crippen LogP contribution in [0.2, 0.25) is 0 Å². The molecule has 0 atom stereocenters. The third-order valence-electron chi connectivity index (χ3n) is 9.20. The minimum Gasteiger partial charge on any atom is -0.309 e. The fourth-order valence-corrected chi connectivity index (χ4v) is 10.4. The molecular weight excluding hydrogens is 561 g/mol. The van der Waals surface area contributed by atoms with Crippen molar-refractivity contribution in [1.29, 1.82) is 0 Å². The van der Waals surface area contributed by atoms with Crippen molar-refractivity contribution in [2.24, 2.45) is 0 Å². The average Bonchev–Trinajstić information content (AvgIpc) is 3.63. The molecule has 0 N–H and O–H groups in total. The Kier molecular flexibility index (Phi) is 6.03. The van der Waals surface area contributed by atoms with E-state index in [0.29, 0.717) is 0 Å². The summed E-state index contributed by atoms with van der Waals surface area (Å²) < 4.78 is 4.93. The highest BCUT2D eigenvalue weighted by molar-refractivity contribution is 6.95. The minimum atomic E-state index is -1.85.